The van der Waals surface area contributed by atoms with E-state index in [1.165, 1.54) is 6.26 Å². The second-order valence-electron chi connectivity index (χ2n) is 5.02. The molecule has 2 N–H and O–H groups in total. The lowest BCUT2D eigenvalue weighted by molar-refractivity contribution is 0.602. The van der Waals surface area contributed by atoms with E-state index in [-0.39, 0.29) is 0 Å². The quantitative estimate of drug-likeness (QED) is 0.907. The fourth-order valence-electron chi connectivity index (χ4n) is 2.04. The molecule has 0 bridgehead atoms. The highest BCUT2D eigenvalue weighted by Gasteiger charge is 2.11. The minimum atomic E-state index is -3.19. The summed E-state index contributed by atoms with van der Waals surface area (Å²) in [6, 6.07) is 5.12. The Labute approximate surface area is 119 Å². The maximum Gasteiger partial charge on any atom is 0.175 e. The van der Waals surface area contributed by atoms with Crippen molar-refractivity contribution in [2.45, 2.75) is 32.2 Å². The van der Waals surface area contributed by atoms with Gasteiger partial charge in [-0.2, -0.15) is 5.10 Å². The number of hydrogen-bond acceptors (Lipinski definition) is 4. The fraction of sp³-hybridized carbons (Fsp3) is 0.357. The lowest BCUT2D eigenvalue weighted by Gasteiger charge is -2.11. The smallest absolute Gasteiger partial charge is 0.175 e. The normalized spacial score (nSPS) is 11.6. The van der Waals surface area contributed by atoms with Crippen LogP contribution in [-0.2, 0) is 16.4 Å². The van der Waals surface area contributed by atoms with Crippen molar-refractivity contribution in [2.75, 3.05) is 11.6 Å². The van der Waals surface area contributed by atoms with Crippen LogP contribution in [-0.4, -0.2) is 24.9 Å². The van der Waals surface area contributed by atoms with E-state index in [1.807, 2.05) is 26.8 Å². The van der Waals surface area contributed by atoms with Gasteiger partial charge in [0.05, 0.1) is 10.6 Å². The second-order valence-corrected chi connectivity index (χ2v) is 7.03. The molecular weight excluding hydrogens is 274 g/mol. The molecule has 0 radical (unpaired) electrons. The van der Waals surface area contributed by atoms with Crippen LogP contribution in [0.2, 0.25) is 0 Å². The minimum Gasteiger partial charge on any atom is -0.381 e. The minimum absolute atomic E-state index is 0.325. The Hall–Kier alpha value is -1.82. The molecule has 0 aliphatic heterocycles. The number of benzene rings is 1. The maximum atomic E-state index is 11.6. The van der Waals surface area contributed by atoms with Gasteiger partial charge in [0.2, 0.25) is 0 Å². The molecule has 0 spiro atoms. The number of hydrogen-bond donors (Lipinski definition) is 2. The number of aromatic nitrogens is 2. The summed E-state index contributed by atoms with van der Waals surface area (Å²) < 4.78 is 23.2. The first kappa shape index (κ1) is 14.6. The summed E-state index contributed by atoms with van der Waals surface area (Å²) in [4.78, 5) is 0.325. The molecule has 0 saturated heterocycles. The molecule has 0 saturated carbocycles. The van der Waals surface area contributed by atoms with E-state index >= 15 is 0 Å². The van der Waals surface area contributed by atoms with Crippen molar-refractivity contribution in [3.05, 3.63) is 40.7 Å². The molecule has 0 aliphatic rings. The molecule has 20 heavy (non-hydrogen) atoms. The van der Waals surface area contributed by atoms with Crippen LogP contribution in [0, 0.1) is 20.8 Å². The Morgan fingerprint density at radius 3 is 2.50 bits per heavy atom. The highest BCUT2D eigenvalue weighted by molar-refractivity contribution is 7.90. The first-order chi connectivity index (χ1) is 9.29. The van der Waals surface area contributed by atoms with Crippen molar-refractivity contribution in [3.8, 4) is 0 Å². The van der Waals surface area contributed by atoms with E-state index in [9.17, 15) is 8.42 Å². The van der Waals surface area contributed by atoms with Gasteiger partial charge < -0.3 is 5.32 Å². The average Bonchev–Trinajstić information content (AvgIpc) is 2.67. The van der Waals surface area contributed by atoms with E-state index in [2.05, 4.69) is 15.5 Å². The van der Waals surface area contributed by atoms with Gasteiger partial charge >= 0.3 is 0 Å². The summed E-state index contributed by atoms with van der Waals surface area (Å²) in [6.07, 6.45) is 1.21. The van der Waals surface area contributed by atoms with Gasteiger partial charge in [-0.3, -0.25) is 5.10 Å². The number of aryl methyl sites for hydroxylation is 3. The molecule has 0 unspecified atom stereocenters. The number of sulfone groups is 1. The molecule has 0 fully saturated rings. The molecule has 6 heteroatoms. The van der Waals surface area contributed by atoms with Crippen LogP contribution in [0.25, 0.3) is 0 Å². The van der Waals surface area contributed by atoms with Crippen molar-refractivity contribution >= 4 is 15.5 Å². The Morgan fingerprint density at radius 1 is 1.25 bits per heavy atom. The van der Waals surface area contributed by atoms with Gasteiger partial charge in [-0.1, -0.05) is 6.07 Å². The zero-order chi connectivity index (χ0) is 14.9. The second kappa shape index (κ2) is 5.28. The summed E-state index contributed by atoms with van der Waals surface area (Å²) in [5.74, 6) is 0. The average molecular weight is 293 g/mol. The highest BCUT2D eigenvalue weighted by atomic mass is 32.2. The van der Waals surface area contributed by atoms with Crippen LogP contribution in [0.1, 0.15) is 22.5 Å². The molecule has 5 nitrogen and oxygen atoms in total. The van der Waals surface area contributed by atoms with Crippen LogP contribution in [0.4, 0.5) is 5.69 Å². The summed E-state index contributed by atoms with van der Waals surface area (Å²) in [7, 11) is -3.19. The van der Waals surface area contributed by atoms with E-state index in [0.717, 1.165) is 28.2 Å². The third kappa shape index (κ3) is 3.01. The Kier molecular flexibility index (Phi) is 3.85. The first-order valence-corrected chi connectivity index (χ1v) is 8.23. The third-order valence-corrected chi connectivity index (χ3v) is 4.48. The van der Waals surface area contributed by atoms with Gasteiger partial charge in [0.25, 0.3) is 0 Å². The number of anilines is 1. The topological polar surface area (TPSA) is 74.8 Å². The van der Waals surface area contributed by atoms with Gasteiger partial charge in [-0.15, -0.1) is 0 Å². The van der Waals surface area contributed by atoms with Gasteiger partial charge in [-0.05, 0) is 38.5 Å². The zero-order valence-corrected chi connectivity index (χ0v) is 12.9. The van der Waals surface area contributed by atoms with Gasteiger partial charge in [0.15, 0.2) is 9.84 Å². The fourth-order valence-corrected chi connectivity index (χ4v) is 2.69. The Bertz CT molecular complexity index is 713. The number of rotatable bonds is 4. The van der Waals surface area contributed by atoms with Crippen molar-refractivity contribution < 1.29 is 8.42 Å². The van der Waals surface area contributed by atoms with E-state index in [1.54, 1.807) is 12.1 Å². The van der Waals surface area contributed by atoms with Crippen molar-refractivity contribution in [2.24, 2.45) is 0 Å². The lowest BCUT2D eigenvalue weighted by Crippen LogP contribution is -2.05. The number of nitrogens with zero attached hydrogens (tertiary/aromatic N) is 1. The molecular formula is C14H19N3O2S. The van der Waals surface area contributed by atoms with Gasteiger partial charge in [0.1, 0.15) is 0 Å². The van der Waals surface area contributed by atoms with Crippen molar-refractivity contribution in [1.29, 1.82) is 0 Å². The molecule has 2 aromatic rings. The van der Waals surface area contributed by atoms with Crippen LogP contribution in [0.15, 0.2) is 23.1 Å². The summed E-state index contributed by atoms with van der Waals surface area (Å²) in [6.45, 7) is 6.47. The highest BCUT2D eigenvalue weighted by Crippen LogP contribution is 2.21. The summed E-state index contributed by atoms with van der Waals surface area (Å²) in [5, 5.41) is 10.4. The van der Waals surface area contributed by atoms with E-state index in [0.29, 0.717) is 11.4 Å². The zero-order valence-electron chi connectivity index (χ0n) is 12.1. The molecule has 0 aliphatic carbocycles. The van der Waals surface area contributed by atoms with Gasteiger partial charge in [-0.25, -0.2) is 8.42 Å². The Morgan fingerprint density at radius 2 is 1.95 bits per heavy atom. The molecule has 1 heterocycles. The predicted octanol–water partition coefficient (Wildman–Crippen LogP) is 2.35. The van der Waals surface area contributed by atoms with Crippen LogP contribution in [0.5, 0.6) is 0 Å². The number of nitrogens with one attached hydrogen (secondary N) is 2. The molecule has 2 rings (SSSR count). The lowest BCUT2D eigenvalue weighted by atomic mass is 10.1. The maximum absolute atomic E-state index is 11.6. The standard InChI is InChI=1S/C14H19N3O2S/c1-9-5-6-12(20(4,18)19)7-14(9)15-8-13-10(2)16-17-11(13)3/h5-7,15H,8H2,1-4H3,(H,16,17). The number of aromatic amines is 1. The molecule has 0 atom stereocenters. The first-order valence-electron chi connectivity index (χ1n) is 6.34. The van der Waals surface area contributed by atoms with Crippen LogP contribution >= 0.6 is 0 Å². The van der Waals surface area contributed by atoms with Crippen molar-refractivity contribution in [3.63, 3.8) is 0 Å². The third-order valence-electron chi connectivity index (χ3n) is 3.37. The van der Waals surface area contributed by atoms with Gasteiger partial charge in [0, 0.05) is 29.7 Å². The van der Waals surface area contributed by atoms with Crippen molar-refractivity contribution in [1.82, 2.24) is 10.2 Å². The number of H-pyrrole nitrogens is 1. The van der Waals surface area contributed by atoms with E-state index in [4.69, 9.17) is 0 Å². The predicted molar refractivity (Wildman–Crippen MR) is 79.7 cm³/mol. The monoisotopic (exact) mass is 293 g/mol. The molecule has 108 valence electrons. The summed E-state index contributed by atoms with van der Waals surface area (Å²) in [5.41, 5.74) is 4.91. The largest absolute Gasteiger partial charge is 0.381 e. The van der Waals surface area contributed by atoms with E-state index < -0.39 is 9.84 Å². The van der Waals surface area contributed by atoms with Crippen LogP contribution in [0.3, 0.4) is 0 Å². The molecule has 1 aromatic carbocycles. The summed E-state index contributed by atoms with van der Waals surface area (Å²) >= 11 is 0. The molecule has 1 aromatic heterocycles. The van der Waals surface area contributed by atoms with Crippen LogP contribution < -0.4 is 5.32 Å². The SMILES string of the molecule is Cc1ccc(S(C)(=O)=O)cc1NCc1c(C)n[nH]c1C. The molecule has 0 amide bonds. The Balaban J connectivity index is 2.26.